The fraction of sp³-hybridized carbons (Fsp3) is 0.417. The number of rotatable bonds is 6. The van der Waals surface area contributed by atoms with Crippen molar-refractivity contribution in [1.82, 2.24) is 0 Å². The highest BCUT2D eigenvalue weighted by Gasteiger charge is 2.12. The van der Waals surface area contributed by atoms with Crippen LogP contribution in [-0.4, -0.2) is 22.3 Å². The molecule has 0 aliphatic rings. The lowest BCUT2D eigenvalue weighted by molar-refractivity contribution is -0.138. The second kappa shape index (κ2) is 6.12. The van der Waals surface area contributed by atoms with Gasteiger partial charge in [0.25, 0.3) is 0 Å². The van der Waals surface area contributed by atoms with Crippen LogP contribution >= 0.6 is 0 Å². The van der Waals surface area contributed by atoms with Crippen LogP contribution in [-0.2, 0) is 11.4 Å². The van der Waals surface area contributed by atoms with Gasteiger partial charge in [-0.3, -0.25) is 4.79 Å². The molecule has 0 aliphatic carbocycles. The molecule has 1 aromatic carbocycles. The van der Waals surface area contributed by atoms with Crippen LogP contribution in [0, 0.1) is 0 Å². The first-order valence-corrected chi connectivity index (χ1v) is 5.24. The smallest absolute Gasteiger partial charge is 0.307 e. The van der Waals surface area contributed by atoms with E-state index in [1.165, 1.54) is 0 Å². The lowest BCUT2D eigenvalue weighted by Crippen LogP contribution is -2.19. The number of benzene rings is 1. The molecule has 0 amide bonds. The van der Waals surface area contributed by atoms with E-state index in [4.69, 9.17) is 14.9 Å². The minimum atomic E-state index is -0.870. The summed E-state index contributed by atoms with van der Waals surface area (Å²) in [7, 11) is 0. The van der Waals surface area contributed by atoms with E-state index in [0.29, 0.717) is 12.2 Å². The molecule has 1 atom stereocenters. The highest BCUT2D eigenvalue weighted by atomic mass is 16.5. The highest BCUT2D eigenvalue weighted by molar-refractivity contribution is 5.67. The zero-order valence-corrected chi connectivity index (χ0v) is 9.22. The Bertz CT molecular complexity index is 349. The fourth-order valence-corrected chi connectivity index (χ4v) is 1.37. The standard InChI is InChI=1S/C12H16O4/c1-2-10(7-12(14)15)16-11-5-3-4-9(6-11)8-13/h3-6,10,13H,2,7-8H2,1H3,(H,14,15). The van der Waals surface area contributed by atoms with Crippen molar-refractivity contribution in [1.29, 1.82) is 0 Å². The van der Waals surface area contributed by atoms with Gasteiger partial charge in [0.1, 0.15) is 11.9 Å². The van der Waals surface area contributed by atoms with Crippen molar-refractivity contribution < 1.29 is 19.7 Å². The summed E-state index contributed by atoms with van der Waals surface area (Å²) < 4.78 is 5.52. The Morgan fingerprint density at radius 2 is 2.25 bits per heavy atom. The molecule has 4 heteroatoms. The molecule has 2 N–H and O–H groups in total. The number of aliphatic hydroxyl groups excluding tert-OH is 1. The van der Waals surface area contributed by atoms with Gasteiger partial charge in [-0.05, 0) is 24.1 Å². The number of carboxylic acid groups (broad SMARTS) is 1. The van der Waals surface area contributed by atoms with E-state index >= 15 is 0 Å². The van der Waals surface area contributed by atoms with Crippen molar-refractivity contribution in [2.45, 2.75) is 32.5 Å². The minimum Gasteiger partial charge on any atom is -0.490 e. The highest BCUT2D eigenvalue weighted by Crippen LogP contribution is 2.17. The van der Waals surface area contributed by atoms with Crippen LogP contribution in [0.1, 0.15) is 25.3 Å². The van der Waals surface area contributed by atoms with Gasteiger partial charge in [-0.15, -0.1) is 0 Å². The van der Waals surface area contributed by atoms with Crippen LogP contribution in [0.2, 0.25) is 0 Å². The predicted molar refractivity (Wildman–Crippen MR) is 59.3 cm³/mol. The number of carboxylic acids is 1. The van der Waals surface area contributed by atoms with Gasteiger partial charge >= 0.3 is 5.97 Å². The van der Waals surface area contributed by atoms with E-state index in [-0.39, 0.29) is 19.1 Å². The summed E-state index contributed by atoms with van der Waals surface area (Å²) in [6, 6.07) is 7.02. The SMILES string of the molecule is CCC(CC(=O)O)Oc1cccc(CO)c1. The fourth-order valence-electron chi connectivity index (χ4n) is 1.37. The van der Waals surface area contributed by atoms with Crippen LogP contribution in [0.5, 0.6) is 5.75 Å². The monoisotopic (exact) mass is 224 g/mol. The van der Waals surface area contributed by atoms with E-state index in [9.17, 15) is 4.79 Å². The van der Waals surface area contributed by atoms with Crippen molar-refractivity contribution in [3.63, 3.8) is 0 Å². The summed E-state index contributed by atoms with van der Waals surface area (Å²) in [4.78, 5) is 10.6. The van der Waals surface area contributed by atoms with E-state index in [0.717, 1.165) is 5.56 Å². The van der Waals surface area contributed by atoms with Crippen LogP contribution in [0.4, 0.5) is 0 Å². The number of aliphatic carboxylic acids is 1. The van der Waals surface area contributed by atoms with Crippen LogP contribution in [0.3, 0.4) is 0 Å². The molecule has 1 aromatic rings. The molecule has 16 heavy (non-hydrogen) atoms. The molecule has 0 saturated carbocycles. The minimum absolute atomic E-state index is 0.0140. The molecule has 0 aliphatic heterocycles. The Hall–Kier alpha value is -1.55. The summed E-state index contributed by atoms with van der Waals surface area (Å²) in [5.74, 6) is -0.273. The maximum atomic E-state index is 10.6. The third kappa shape index (κ3) is 3.90. The van der Waals surface area contributed by atoms with E-state index in [1.807, 2.05) is 6.92 Å². The van der Waals surface area contributed by atoms with E-state index < -0.39 is 5.97 Å². The molecule has 0 fully saturated rings. The molecule has 0 bridgehead atoms. The lowest BCUT2D eigenvalue weighted by Gasteiger charge is -2.15. The molecule has 0 heterocycles. The second-order valence-electron chi connectivity index (χ2n) is 3.55. The van der Waals surface area contributed by atoms with Crippen molar-refractivity contribution in [2.24, 2.45) is 0 Å². The van der Waals surface area contributed by atoms with Gasteiger partial charge in [-0.25, -0.2) is 0 Å². The Labute approximate surface area is 94.5 Å². The Morgan fingerprint density at radius 1 is 1.50 bits per heavy atom. The molecule has 0 spiro atoms. The quantitative estimate of drug-likeness (QED) is 0.773. The second-order valence-corrected chi connectivity index (χ2v) is 3.55. The molecule has 0 radical (unpaired) electrons. The van der Waals surface area contributed by atoms with Crippen LogP contribution in [0.25, 0.3) is 0 Å². The average molecular weight is 224 g/mol. The zero-order chi connectivity index (χ0) is 12.0. The molecule has 0 aromatic heterocycles. The topological polar surface area (TPSA) is 66.8 Å². The Balaban J connectivity index is 2.65. The lowest BCUT2D eigenvalue weighted by atomic mass is 10.2. The normalized spacial score (nSPS) is 12.1. The van der Waals surface area contributed by atoms with Crippen molar-refractivity contribution in [3.05, 3.63) is 29.8 Å². The first-order valence-electron chi connectivity index (χ1n) is 5.24. The Morgan fingerprint density at radius 3 is 2.81 bits per heavy atom. The maximum Gasteiger partial charge on any atom is 0.307 e. The predicted octanol–water partition coefficient (Wildman–Crippen LogP) is 1.81. The van der Waals surface area contributed by atoms with Gasteiger partial charge in [0.15, 0.2) is 0 Å². The molecular formula is C12H16O4. The number of carbonyl (C=O) groups is 1. The van der Waals surface area contributed by atoms with Gasteiger partial charge in [0.2, 0.25) is 0 Å². The molecular weight excluding hydrogens is 208 g/mol. The van der Waals surface area contributed by atoms with Gasteiger partial charge in [0.05, 0.1) is 13.0 Å². The van der Waals surface area contributed by atoms with Gasteiger partial charge in [0, 0.05) is 0 Å². The number of aliphatic hydroxyl groups is 1. The van der Waals surface area contributed by atoms with Gasteiger partial charge in [-0.1, -0.05) is 19.1 Å². The first-order chi connectivity index (χ1) is 7.65. The molecule has 4 nitrogen and oxygen atoms in total. The summed E-state index contributed by atoms with van der Waals surface area (Å²) in [6.45, 7) is 1.83. The van der Waals surface area contributed by atoms with Crippen molar-refractivity contribution >= 4 is 5.97 Å². The van der Waals surface area contributed by atoms with Gasteiger partial charge in [-0.2, -0.15) is 0 Å². The van der Waals surface area contributed by atoms with Crippen molar-refractivity contribution in [3.8, 4) is 5.75 Å². The largest absolute Gasteiger partial charge is 0.490 e. The van der Waals surface area contributed by atoms with E-state index in [2.05, 4.69) is 0 Å². The number of ether oxygens (including phenoxy) is 1. The van der Waals surface area contributed by atoms with Gasteiger partial charge < -0.3 is 14.9 Å². The summed E-state index contributed by atoms with van der Waals surface area (Å²) in [5.41, 5.74) is 0.752. The number of hydrogen-bond donors (Lipinski definition) is 2. The molecule has 1 unspecified atom stereocenters. The summed E-state index contributed by atoms with van der Waals surface area (Å²) in [5, 5.41) is 17.6. The van der Waals surface area contributed by atoms with Crippen LogP contribution < -0.4 is 4.74 Å². The van der Waals surface area contributed by atoms with E-state index in [1.54, 1.807) is 24.3 Å². The summed E-state index contributed by atoms with van der Waals surface area (Å²) >= 11 is 0. The third-order valence-electron chi connectivity index (χ3n) is 2.24. The maximum absolute atomic E-state index is 10.6. The number of hydrogen-bond acceptors (Lipinski definition) is 3. The first kappa shape index (κ1) is 12.5. The third-order valence-corrected chi connectivity index (χ3v) is 2.24. The molecule has 1 rings (SSSR count). The Kier molecular flexibility index (Phi) is 4.79. The molecule has 0 saturated heterocycles. The zero-order valence-electron chi connectivity index (χ0n) is 9.22. The average Bonchev–Trinajstić information content (AvgIpc) is 2.28. The van der Waals surface area contributed by atoms with Crippen LogP contribution in [0.15, 0.2) is 24.3 Å². The summed E-state index contributed by atoms with van der Waals surface area (Å²) in [6.07, 6.45) is 0.293. The van der Waals surface area contributed by atoms with Crippen molar-refractivity contribution in [2.75, 3.05) is 0 Å². The molecule has 88 valence electrons.